The zero-order valence-corrected chi connectivity index (χ0v) is 13.4. The highest BCUT2D eigenvalue weighted by molar-refractivity contribution is 5.80. The average Bonchev–Trinajstić information content (AvgIpc) is 3.00. The van der Waals surface area contributed by atoms with Gasteiger partial charge in [0.05, 0.1) is 7.11 Å². The van der Waals surface area contributed by atoms with E-state index in [1.54, 1.807) is 7.11 Å². The van der Waals surface area contributed by atoms with Crippen LogP contribution in [0.15, 0.2) is 42.6 Å². The molecule has 2 heterocycles. The van der Waals surface area contributed by atoms with E-state index in [1.807, 2.05) is 18.2 Å². The second-order valence-electron chi connectivity index (χ2n) is 6.43. The summed E-state index contributed by atoms with van der Waals surface area (Å²) in [6.07, 6.45) is 5.35. The number of nitrogens with zero attached hydrogens (tertiary/aromatic N) is 2. The molecule has 1 aromatic carbocycles. The highest BCUT2D eigenvalue weighted by Crippen LogP contribution is 2.39. The van der Waals surface area contributed by atoms with Crippen LogP contribution in [-0.4, -0.2) is 29.0 Å². The maximum Gasteiger partial charge on any atom is 0.226 e. The van der Waals surface area contributed by atoms with Gasteiger partial charge in [0, 0.05) is 36.5 Å². The molecular weight excluding hydrogens is 288 g/mol. The predicted molar refractivity (Wildman–Crippen MR) is 88.3 cm³/mol. The summed E-state index contributed by atoms with van der Waals surface area (Å²) in [6, 6.07) is 12.2. The van der Waals surface area contributed by atoms with Gasteiger partial charge < -0.3 is 14.2 Å². The molecule has 1 saturated carbocycles. The first-order valence-corrected chi connectivity index (χ1v) is 8.38. The molecular formula is C19H22N2O2. The van der Waals surface area contributed by atoms with E-state index in [4.69, 9.17) is 4.74 Å². The largest absolute Gasteiger partial charge is 0.496 e. The average molecular weight is 310 g/mol. The third kappa shape index (κ3) is 2.33. The van der Waals surface area contributed by atoms with E-state index in [0.717, 1.165) is 37.2 Å². The van der Waals surface area contributed by atoms with Gasteiger partial charge in [0.1, 0.15) is 11.8 Å². The molecule has 0 spiro atoms. The number of carbonyl (C=O) groups excluding carboxylic acids is 1. The molecule has 0 radical (unpaired) electrons. The van der Waals surface area contributed by atoms with Crippen LogP contribution in [0.1, 0.15) is 36.6 Å². The molecule has 0 bridgehead atoms. The predicted octanol–water partition coefficient (Wildman–Crippen LogP) is 3.23. The lowest BCUT2D eigenvalue weighted by Crippen LogP contribution is -2.46. The van der Waals surface area contributed by atoms with Crippen molar-refractivity contribution in [2.45, 2.75) is 31.8 Å². The Bertz CT molecular complexity index is 718. The normalized spacial score (nSPS) is 20.7. The van der Waals surface area contributed by atoms with Crippen LogP contribution in [-0.2, 0) is 11.3 Å². The van der Waals surface area contributed by atoms with Gasteiger partial charge >= 0.3 is 0 Å². The van der Waals surface area contributed by atoms with E-state index < -0.39 is 0 Å². The van der Waals surface area contributed by atoms with E-state index in [9.17, 15) is 4.79 Å². The molecule has 4 nitrogen and oxygen atoms in total. The van der Waals surface area contributed by atoms with Crippen molar-refractivity contribution in [2.75, 3.05) is 13.7 Å². The third-order valence-electron chi connectivity index (χ3n) is 5.21. The number of hydrogen-bond acceptors (Lipinski definition) is 2. The maximum atomic E-state index is 13.0. The lowest BCUT2D eigenvalue weighted by Gasteiger charge is -2.41. The van der Waals surface area contributed by atoms with Gasteiger partial charge in [0.2, 0.25) is 5.91 Å². The molecule has 23 heavy (non-hydrogen) atoms. The molecule has 1 unspecified atom stereocenters. The minimum atomic E-state index is -0.0528. The van der Waals surface area contributed by atoms with Crippen molar-refractivity contribution in [3.05, 3.63) is 53.9 Å². The summed E-state index contributed by atoms with van der Waals surface area (Å²) in [5.41, 5.74) is 2.25. The van der Waals surface area contributed by atoms with Gasteiger partial charge in [0.25, 0.3) is 0 Å². The fourth-order valence-electron chi connectivity index (χ4n) is 3.73. The smallest absolute Gasteiger partial charge is 0.226 e. The number of ether oxygens (including phenoxy) is 1. The van der Waals surface area contributed by atoms with Crippen molar-refractivity contribution < 1.29 is 9.53 Å². The van der Waals surface area contributed by atoms with Gasteiger partial charge in [-0.3, -0.25) is 4.79 Å². The number of fused-ring (bicyclic) bond motifs is 1. The van der Waals surface area contributed by atoms with Crippen LogP contribution < -0.4 is 4.74 Å². The molecule has 1 amide bonds. The Kier molecular flexibility index (Phi) is 3.60. The van der Waals surface area contributed by atoms with Crippen LogP contribution in [0.3, 0.4) is 0 Å². The first kappa shape index (κ1) is 14.4. The van der Waals surface area contributed by atoms with Crippen LogP contribution in [0, 0.1) is 5.92 Å². The van der Waals surface area contributed by atoms with Gasteiger partial charge in [-0.25, -0.2) is 0 Å². The molecule has 4 heteroatoms. The lowest BCUT2D eigenvalue weighted by molar-refractivity contribution is -0.141. The molecule has 0 saturated heterocycles. The monoisotopic (exact) mass is 310 g/mol. The van der Waals surface area contributed by atoms with Crippen molar-refractivity contribution >= 4 is 5.91 Å². The van der Waals surface area contributed by atoms with Gasteiger partial charge in [-0.15, -0.1) is 0 Å². The summed E-state index contributed by atoms with van der Waals surface area (Å²) in [5.74, 6) is 1.37. The van der Waals surface area contributed by atoms with E-state index >= 15 is 0 Å². The molecule has 1 aliphatic carbocycles. The van der Waals surface area contributed by atoms with Crippen LogP contribution in [0.2, 0.25) is 0 Å². The molecule has 1 atom stereocenters. The number of aromatic nitrogens is 1. The third-order valence-corrected chi connectivity index (χ3v) is 5.21. The minimum absolute atomic E-state index is 0.0528. The quantitative estimate of drug-likeness (QED) is 0.872. The summed E-state index contributed by atoms with van der Waals surface area (Å²) < 4.78 is 7.82. The Morgan fingerprint density at radius 2 is 1.96 bits per heavy atom. The summed E-state index contributed by atoms with van der Waals surface area (Å²) in [6.45, 7) is 1.63. The molecule has 4 rings (SSSR count). The standard InChI is InChI=1S/C19H22N2O2/c1-23-17-10-3-2-8-15(17)18-16-9-5-11-20(16)12-13-21(18)19(22)14-6-4-7-14/h2-3,5,8-11,14,18H,4,6-7,12-13H2,1H3. The SMILES string of the molecule is COc1ccccc1C1c2cccn2CCN1C(=O)C1CCC1. The van der Waals surface area contributed by atoms with Crippen LogP contribution in [0.4, 0.5) is 0 Å². The van der Waals surface area contributed by atoms with Gasteiger partial charge in [-0.2, -0.15) is 0 Å². The van der Waals surface area contributed by atoms with Crippen LogP contribution in [0.5, 0.6) is 5.75 Å². The lowest BCUT2D eigenvalue weighted by atomic mass is 9.83. The summed E-state index contributed by atoms with van der Waals surface area (Å²) in [4.78, 5) is 15.0. The minimum Gasteiger partial charge on any atom is -0.496 e. The summed E-state index contributed by atoms with van der Waals surface area (Å²) >= 11 is 0. The molecule has 1 aliphatic heterocycles. The Labute approximate surface area is 136 Å². The maximum absolute atomic E-state index is 13.0. The van der Waals surface area contributed by atoms with Gasteiger partial charge in [0.15, 0.2) is 0 Å². The number of hydrogen-bond donors (Lipinski definition) is 0. The second kappa shape index (κ2) is 5.76. The Morgan fingerprint density at radius 3 is 2.70 bits per heavy atom. The molecule has 120 valence electrons. The van der Waals surface area contributed by atoms with Crippen molar-refractivity contribution in [3.63, 3.8) is 0 Å². The summed E-state index contributed by atoms with van der Waals surface area (Å²) in [5, 5.41) is 0. The Morgan fingerprint density at radius 1 is 1.13 bits per heavy atom. The van der Waals surface area contributed by atoms with Crippen molar-refractivity contribution in [3.8, 4) is 5.75 Å². The molecule has 0 N–H and O–H groups in total. The Hall–Kier alpha value is -2.23. The number of benzene rings is 1. The van der Waals surface area contributed by atoms with Crippen molar-refractivity contribution in [1.29, 1.82) is 0 Å². The van der Waals surface area contributed by atoms with Crippen LogP contribution in [0.25, 0.3) is 0 Å². The Balaban J connectivity index is 1.78. The zero-order valence-electron chi connectivity index (χ0n) is 13.4. The van der Waals surface area contributed by atoms with E-state index in [2.05, 4.69) is 33.9 Å². The topological polar surface area (TPSA) is 34.5 Å². The first-order valence-electron chi connectivity index (χ1n) is 8.38. The molecule has 2 aromatic rings. The van der Waals surface area contributed by atoms with Gasteiger partial charge in [-0.05, 0) is 31.0 Å². The van der Waals surface area contributed by atoms with E-state index in [-0.39, 0.29) is 12.0 Å². The highest BCUT2D eigenvalue weighted by atomic mass is 16.5. The fourth-order valence-corrected chi connectivity index (χ4v) is 3.73. The molecule has 1 fully saturated rings. The van der Waals surface area contributed by atoms with E-state index in [0.29, 0.717) is 5.91 Å². The molecule has 1 aromatic heterocycles. The number of carbonyl (C=O) groups is 1. The van der Waals surface area contributed by atoms with E-state index in [1.165, 1.54) is 12.1 Å². The fraction of sp³-hybridized carbons (Fsp3) is 0.421. The van der Waals surface area contributed by atoms with Crippen molar-refractivity contribution in [2.24, 2.45) is 5.92 Å². The van der Waals surface area contributed by atoms with Crippen molar-refractivity contribution in [1.82, 2.24) is 9.47 Å². The van der Waals surface area contributed by atoms with Gasteiger partial charge in [-0.1, -0.05) is 24.6 Å². The molecule has 2 aliphatic rings. The number of rotatable bonds is 3. The second-order valence-corrected chi connectivity index (χ2v) is 6.43. The number of amides is 1. The summed E-state index contributed by atoms with van der Waals surface area (Å²) in [7, 11) is 1.69. The zero-order chi connectivity index (χ0) is 15.8. The highest BCUT2D eigenvalue weighted by Gasteiger charge is 2.38. The first-order chi connectivity index (χ1) is 11.3. The number of methoxy groups -OCH3 is 1. The van der Waals surface area contributed by atoms with Crippen LogP contribution >= 0.6 is 0 Å². The number of para-hydroxylation sites is 1.